The summed E-state index contributed by atoms with van der Waals surface area (Å²) < 4.78 is 6.02. The molecular weight excluding hydrogens is 727 g/mol. The van der Waals surface area contributed by atoms with Crippen molar-refractivity contribution < 1.29 is 4.42 Å². The van der Waals surface area contributed by atoms with Crippen LogP contribution in [-0.4, -0.2) is 5.71 Å². The number of nitrogens with zero attached hydrogens (tertiary/aromatic N) is 1. The highest BCUT2D eigenvalue weighted by Crippen LogP contribution is 2.64. The summed E-state index contributed by atoms with van der Waals surface area (Å²) in [6.07, 6.45) is 14.9. The minimum atomic E-state index is -0.376. The lowest BCUT2D eigenvalue weighted by atomic mass is 9.70. The molecule has 10 rings (SSSR count). The molecule has 0 amide bonds. The molecule has 1 unspecified atom stereocenters. The van der Waals surface area contributed by atoms with Crippen molar-refractivity contribution in [3.63, 3.8) is 0 Å². The Labute approximate surface area is 354 Å². The number of benzene rings is 6. The summed E-state index contributed by atoms with van der Waals surface area (Å²) in [7, 11) is 0. The molecule has 3 aliphatic rings. The fourth-order valence-electron chi connectivity index (χ4n) is 9.70. The number of aryl methyl sites for hydroxylation is 2. The van der Waals surface area contributed by atoms with Gasteiger partial charge in [0.05, 0.1) is 11.1 Å². The van der Waals surface area contributed by atoms with Crippen LogP contribution in [0, 0.1) is 13.8 Å². The fourth-order valence-corrected chi connectivity index (χ4v) is 9.70. The lowest BCUT2D eigenvalue weighted by molar-refractivity contribution is 0.669. The number of hydrogen-bond acceptors (Lipinski definition) is 2. The number of allylic oxidation sites excluding steroid dienone is 9. The van der Waals surface area contributed by atoms with Gasteiger partial charge in [0.1, 0.15) is 11.2 Å². The Morgan fingerprint density at radius 1 is 0.683 bits per heavy atom. The molecule has 0 radical (unpaired) electrons. The van der Waals surface area contributed by atoms with E-state index in [1.165, 1.54) is 61.2 Å². The Balaban J connectivity index is 0.000000158. The van der Waals surface area contributed by atoms with Crippen LogP contribution in [-0.2, 0) is 5.41 Å². The zero-order chi connectivity index (χ0) is 41.5. The van der Waals surface area contributed by atoms with E-state index in [0.717, 1.165) is 68.5 Å². The first kappa shape index (κ1) is 38.5. The molecule has 0 fully saturated rings. The van der Waals surface area contributed by atoms with Gasteiger partial charge in [-0.2, -0.15) is 0 Å². The van der Waals surface area contributed by atoms with E-state index in [1.807, 2.05) is 50.3 Å². The molecule has 1 spiro atoms. The van der Waals surface area contributed by atoms with E-state index < -0.39 is 0 Å². The van der Waals surface area contributed by atoms with Gasteiger partial charge in [0.25, 0.3) is 0 Å². The number of para-hydroxylation sites is 1. The first-order valence-corrected chi connectivity index (χ1v) is 20.9. The van der Waals surface area contributed by atoms with Crippen LogP contribution in [0.25, 0.3) is 55.3 Å². The van der Waals surface area contributed by atoms with Crippen LogP contribution in [0.5, 0.6) is 0 Å². The average molecular weight is 776 g/mol. The topological polar surface area (TPSA) is 25.5 Å². The van der Waals surface area contributed by atoms with Crippen LogP contribution in [0.2, 0.25) is 0 Å². The number of furan rings is 1. The van der Waals surface area contributed by atoms with Crippen molar-refractivity contribution in [2.75, 3.05) is 0 Å². The van der Waals surface area contributed by atoms with Crippen LogP contribution >= 0.6 is 0 Å². The van der Waals surface area contributed by atoms with Crippen molar-refractivity contribution in [3.05, 3.63) is 239 Å². The van der Waals surface area contributed by atoms with Crippen LogP contribution in [0.15, 0.2) is 210 Å². The third kappa shape index (κ3) is 6.23. The largest absolute Gasteiger partial charge is 0.456 e. The lowest BCUT2D eigenvalue weighted by Crippen LogP contribution is -2.26. The predicted molar refractivity (Wildman–Crippen MR) is 257 cm³/mol. The summed E-state index contributed by atoms with van der Waals surface area (Å²) in [5.41, 5.74) is 22.0. The summed E-state index contributed by atoms with van der Waals surface area (Å²) in [4.78, 5) is 4.77. The smallest absolute Gasteiger partial charge is 0.136 e. The van der Waals surface area contributed by atoms with Gasteiger partial charge in [0.15, 0.2) is 0 Å². The second-order valence-electron chi connectivity index (χ2n) is 16.2. The van der Waals surface area contributed by atoms with Gasteiger partial charge in [0.2, 0.25) is 0 Å². The van der Waals surface area contributed by atoms with E-state index in [1.54, 1.807) is 0 Å². The minimum absolute atomic E-state index is 0.376. The maximum absolute atomic E-state index is 6.02. The second-order valence-corrected chi connectivity index (χ2v) is 16.2. The molecule has 60 heavy (non-hydrogen) atoms. The average Bonchev–Trinajstić information content (AvgIpc) is 3.88. The van der Waals surface area contributed by atoms with Gasteiger partial charge >= 0.3 is 0 Å². The molecule has 3 aliphatic carbocycles. The van der Waals surface area contributed by atoms with E-state index in [4.69, 9.17) is 9.41 Å². The van der Waals surface area contributed by atoms with Gasteiger partial charge in [-0.3, -0.25) is 4.99 Å². The van der Waals surface area contributed by atoms with E-state index >= 15 is 0 Å². The third-order valence-electron chi connectivity index (χ3n) is 12.2. The lowest BCUT2D eigenvalue weighted by Gasteiger charge is -2.31. The van der Waals surface area contributed by atoms with Gasteiger partial charge in [-0.15, -0.1) is 0 Å². The molecule has 6 aromatic carbocycles. The molecule has 1 atom stereocenters. The number of rotatable bonds is 6. The first-order valence-electron chi connectivity index (χ1n) is 20.9. The second kappa shape index (κ2) is 15.6. The van der Waals surface area contributed by atoms with Crippen LogP contribution in [0.1, 0.15) is 65.6 Å². The summed E-state index contributed by atoms with van der Waals surface area (Å²) in [6.45, 7) is 21.5. The Kier molecular flexibility index (Phi) is 10.0. The number of fused-ring (bicyclic) bond motifs is 10. The highest BCUT2D eigenvalue weighted by Gasteiger charge is 2.53. The van der Waals surface area contributed by atoms with Crippen molar-refractivity contribution in [2.45, 2.75) is 46.0 Å². The maximum atomic E-state index is 6.02. The fraction of sp³-hybridized carbons (Fsp3) is 0.121. The SMILES string of the molecule is C=C(/C=C(\N=C(C)C)C1=CCCC=C1)c1cccc2oc3ccccc3c12.C=C/C=C1\C(=C)c2ccccc2C12c1ccccc1-c1c2ccc(C)c1-c1ccccc1C. The van der Waals surface area contributed by atoms with Gasteiger partial charge in [-0.05, 0) is 142 Å². The molecule has 2 nitrogen and oxygen atoms in total. The predicted octanol–water partition coefficient (Wildman–Crippen LogP) is 15.7. The van der Waals surface area contributed by atoms with Crippen LogP contribution in [0.3, 0.4) is 0 Å². The Hall–Kier alpha value is -7.03. The van der Waals surface area contributed by atoms with Crippen molar-refractivity contribution in [1.29, 1.82) is 0 Å². The molecule has 0 saturated carbocycles. The van der Waals surface area contributed by atoms with Crippen molar-refractivity contribution in [3.8, 4) is 22.3 Å². The highest BCUT2D eigenvalue weighted by molar-refractivity contribution is 6.11. The Morgan fingerprint density at radius 2 is 1.37 bits per heavy atom. The molecular formula is C58H49NO. The highest BCUT2D eigenvalue weighted by atomic mass is 16.3. The maximum Gasteiger partial charge on any atom is 0.136 e. The van der Waals surface area contributed by atoms with E-state index in [-0.39, 0.29) is 5.41 Å². The molecule has 292 valence electrons. The monoisotopic (exact) mass is 775 g/mol. The molecule has 1 aromatic heterocycles. The van der Waals surface area contributed by atoms with Gasteiger partial charge < -0.3 is 4.42 Å². The van der Waals surface area contributed by atoms with E-state index in [9.17, 15) is 0 Å². The molecule has 7 aromatic rings. The van der Waals surface area contributed by atoms with Crippen molar-refractivity contribution in [2.24, 2.45) is 4.99 Å². The molecule has 0 N–H and O–H groups in total. The third-order valence-corrected chi connectivity index (χ3v) is 12.2. The van der Waals surface area contributed by atoms with Crippen molar-refractivity contribution >= 4 is 38.8 Å². The zero-order valence-electron chi connectivity index (χ0n) is 35.0. The number of aliphatic imine (C=N–C) groups is 1. The standard InChI is InChI=1S/C33H26.C25H23NO/c1-5-12-27-23(4)25-15-8-10-17-28(25)33(27)29-18-11-9-16-26(29)32-30(33)20-19-22(3)31(32)24-14-7-6-13-21(24)2;1-17(2)26-22(19-10-5-4-6-11-19)16-18(3)20-13-9-15-24-25(20)21-12-7-8-14-23(21)27-24/h5-20H,1,4H2,2-3H3;5,7-16H,3-4,6H2,1-2H3/b27-12+;22-16-. The quantitative estimate of drug-likeness (QED) is 0.122. The Bertz CT molecular complexity index is 3070. The summed E-state index contributed by atoms with van der Waals surface area (Å²) >= 11 is 0. The summed E-state index contributed by atoms with van der Waals surface area (Å²) in [5, 5.41) is 2.23. The van der Waals surface area contributed by atoms with Crippen LogP contribution < -0.4 is 0 Å². The van der Waals surface area contributed by atoms with Gasteiger partial charge in [0, 0.05) is 16.5 Å². The molecule has 0 aliphatic heterocycles. The molecule has 2 heteroatoms. The zero-order valence-corrected chi connectivity index (χ0v) is 35.0. The Morgan fingerprint density at radius 3 is 2.10 bits per heavy atom. The van der Waals surface area contributed by atoms with Crippen molar-refractivity contribution in [1.82, 2.24) is 0 Å². The van der Waals surface area contributed by atoms with Gasteiger partial charge in [-0.1, -0.05) is 165 Å². The minimum Gasteiger partial charge on any atom is -0.456 e. The number of hydrogen-bond donors (Lipinski definition) is 0. The van der Waals surface area contributed by atoms with Crippen LogP contribution in [0.4, 0.5) is 0 Å². The van der Waals surface area contributed by atoms with E-state index in [0.29, 0.717) is 0 Å². The van der Waals surface area contributed by atoms with Gasteiger partial charge in [-0.25, -0.2) is 0 Å². The molecule has 0 bridgehead atoms. The molecule has 0 saturated heterocycles. The summed E-state index contributed by atoms with van der Waals surface area (Å²) in [5.74, 6) is 0. The first-order chi connectivity index (χ1) is 29.2. The van der Waals surface area contributed by atoms with E-state index in [2.05, 4.69) is 161 Å². The molecule has 1 heterocycles. The normalized spacial score (nSPS) is 16.9. The summed E-state index contributed by atoms with van der Waals surface area (Å²) in [6, 6.07) is 45.3.